The quantitative estimate of drug-likeness (QED) is 0.246. The minimum atomic E-state index is -0.178. The Kier molecular flexibility index (Phi) is 10.2. The fourth-order valence-electron chi connectivity index (χ4n) is 2.45. The third-order valence-electron chi connectivity index (χ3n) is 3.75. The number of hydrogen-bond donors (Lipinski definition) is 3. The smallest absolute Gasteiger partial charge is 0.251 e. The van der Waals surface area contributed by atoms with E-state index in [0.29, 0.717) is 18.7 Å². The van der Waals surface area contributed by atoms with E-state index in [0.717, 1.165) is 19.0 Å². The van der Waals surface area contributed by atoms with Crippen molar-refractivity contribution < 1.29 is 9.90 Å². The van der Waals surface area contributed by atoms with Crippen LogP contribution in [-0.2, 0) is 6.54 Å². The van der Waals surface area contributed by atoms with Crippen LogP contribution in [0.4, 0.5) is 0 Å². The van der Waals surface area contributed by atoms with Crippen LogP contribution in [0.15, 0.2) is 59.6 Å². The monoisotopic (exact) mass is 482 g/mol. The SMILES string of the molecule is CCNC(=NCCNC(=O)c1ccc(O)cc1)N(C)Cc1ccccc1.I. The predicted octanol–water partition coefficient (Wildman–Crippen LogP) is 2.84. The highest BCUT2D eigenvalue weighted by Gasteiger charge is 2.07. The summed E-state index contributed by atoms with van der Waals surface area (Å²) in [5.41, 5.74) is 1.72. The van der Waals surface area contributed by atoms with E-state index in [1.165, 1.54) is 17.7 Å². The number of aromatic hydroxyl groups is 1. The fraction of sp³-hybridized carbons (Fsp3) is 0.300. The molecule has 6 nitrogen and oxygen atoms in total. The summed E-state index contributed by atoms with van der Waals surface area (Å²) in [6.07, 6.45) is 0. The number of aliphatic imine (C=N–C) groups is 1. The van der Waals surface area contributed by atoms with E-state index >= 15 is 0 Å². The molecule has 7 heteroatoms. The molecule has 0 heterocycles. The maximum atomic E-state index is 12.0. The molecule has 0 radical (unpaired) electrons. The summed E-state index contributed by atoms with van der Waals surface area (Å²) in [7, 11) is 1.99. The molecule has 2 aromatic carbocycles. The van der Waals surface area contributed by atoms with Crippen LogP contribution in [0.5, 0.6) is 5.75 Å². The van der Waals surface area contributed by atoms with E-state index in [-0.39, 0.29) is 35.6 Å². The molecule has 3 N–H and O–H groups in total. The second-order valence-corrected chi connectivity index (χ2v) is 5.88. The fourth-order valence-corrected chi connectivity index (χ4v) is 2.45. The minimum Gasteiger partial charge on any atom is -0.508 e. The van der Waals surface area contributed by atoms with Crippen molar-refractivity contribution in [3.05, 3.63) is 65.7 Å². The highest BCUT2D eigenvalue weighted by Crippen LogP contribution is 2.09. The van der Waals surface area contributed by atoms with Crippen LogP contribution in [0.1, 0.15) is 22.8 Å². The van der Waals surface area contributed by atoms with E-state index in [4.69, 9.17) is 0 Å². The standard InChI is InChI=1S/C20H26N4O2.HI/c1-3-21-20(24(2)15-16-7-5-4-6-8-16)23-14-13-22-19(26)17-9-11-18(25)12-10-17;/h4-12,25H,3,13-15H2,1-2H3,(H,21,23)(H,22,26);1H. The van der Waals surface area contributed by atoms with Crippen LogP contribution < -0.4 is 10.6 Å². The maximum Gasteiger partial charge on any atom is 0.251 e. The molecule has 0 fully saturated rings. The van der Waals surface area contributed by atoms with Gasteiger partial charge in [0.15, 0.2) is 5.96 Å². The summed E-state index contributed by atoms with van der Waals surface area (Å²) in [4.78, 5) is 18.7. The minimum absolute atomic E-state index is 0. The summed E-state index contributed by atoms with van der Waals surface area (Å²) < 4.78 is 0. The molecule has 0 aliphatic rings. The molecule has 0 saturated heterocycles. The van der Waals surface area contributed by atoms with Gasteiger partial charge in [0.05, 0.1) is 6.54 Å². The lowest BCUT2D eigenvalue weighted by Crippen LogP contribution is -2.39. The van der Waals surface area contributed by atoms with E-state index in [9.17, 15) is 9.90 Å². The molecule has 2 aromatic rings. The van der Waals surface area contributed by atoms with Gasteiger partial charge in [-0.3, -0.25) is 9.79 Å². The Balaban J connectivity index is 0.00000364. The van der Waals surface area contributed by atoms with Crippen LogP contribution in [-0.4, -0.2) is 48.6 Å². The van der Waals surface area contributed by atoms with E-state index in [2.05, 4.69) is 32.7 Å². The van der Waals surface area contributed by atoms with Gasteiger partial charge in [-0.1, -0.05) is 30.3 Å². The molecule has 0 bridgehead atoms. The van der Waals surface area contributed by atoms with Crippen molar-refractivity contribution in [1.29, 1.82) is 0 Å². The first kappa shape index (κ1) is 22.8. The van der Waals surface area contributed by atoms with Gasteiger partial charge >= 0.3 is 0 Å². The van der Waals surface area contributed by atoms with Crippen LogP contribution in [0.3, 0.4) is 0 Å². The first-order chi connectivity index (χ1) is 12.6. The zero-order valence-corrected chi connectivity index (χ0v) is 18.0. The maximum absolute atomic E-state index is 12.0. The summed E-state index contributed by atoms with van der Waals surface area (Å²) in [5, 5.41) is 15.4. The Morgan fingerprint density at radius 3 is 2.37 bits per heavy atom. The van der Waals surface area contributed by atoms with Crippen LogP contribution >= 0.6 is 24.0 Å². The Morgan fingerprint density at radius 1 is 1.07 bits per heavy atom. The molecule has 1 amide bonds. The molecular formula is C20H27IN4O2. The molecule has 27 heavy (non-hydrogen) atoms. The van der Waals surface area contributed by atoms with Gasteiger partial charge in [-0.15, -0.1) is 24.0 Å². The topological polar surface area (TPSA) is 77.0 Å². The molecule has 0 atom stereocenters. The number of carbonyl (C=O) groups excluding carboxylic acids is 1. The Morgan fingerprint density at radius 2 is 1.74 bits per heavy atom. The molecule has 0 aromatic heterocycles. The zero-order chi connectivity index (χ0) is 18.8. The first-order valence-corrected chi connectivity index (χ1v) is 8.70. The van der Waals surface area contributed by atoms with E-state index in [1.54, 1.807) is 12.1 Å². The lowest BCUT2D eigenvalue weighted by atomic mass is 10.2. The molecule has 0 spiro atoms. The Labute approximate surface area is 177 Å². The number of phenolic OH excluding ortho intramolecular Hbond substituents is 1. The van der Waals surface area contributed by atoms with Crippen molar-refractivity contribution in [2.75, 3.05) is 26.7 Å². The molecular weight excluding hydrogens is 455 g/mol. The normalized spacial score (nSPS) is 10.7. The predicted molar refractivity (Wildman–Crippen MR) is 120 cm³/mol. The van der Waals surface area contributed by atoms with Crippen LogP contribution in [0, 0.1) is 0 Å². The molecule has 146 valence electrons. The molecule has 0 saturated carbocycles. The lowest BCUT2D eigenvalue weighted by Gasteiger charge is -2.22. The van der Waals surface area contributed by atoms with Crippen molar-refractivity contribution in [2.24, 2.45) is 4.99 Å². The number of amides is 1. The largest absolute Gasteiger partial charge is 0.508 e. The van der Waals surface area contributed by atoms with Crippen LogP contribution in [0.25, 0.3) is 0 Å². The van der Waals surface area contributed by atoms with Crippen molar-refractivity contribution in [3.8, 4) is 5.75 Å². The highest BCUT2D eigenvalue weighted by molar-refractivity contribution is 14.0. The average molecular weight is 482 g/mol. The number of carbonyl (C=O) groups is 1. The van der Waals surface area contributed by atoms with Gasteiger partial charge in [0.1, 0.15) is 5.75 Å². The number of guanidine groups is 1. The number of rotatable bonds is 7. The number of halogens is 1. The third kappa shape index (κ3) is 7.86. The second-order valence-electron chi connectivity index (χ2n) is 5.88. The lowest BCUT2D eigenvalue weighted by molar-refractivity contribution is 0.0955. The van der Waals surface area contributed by atoms with E-state index in [1.807, 2.05) is 32.2 Å². The van der Waals surface area contributed by atoms with Crippen molar-refractivity contribution in [2.45, 2.75) is 13.5 Å². The summed E-state index contributed by atoms with van der Waals surface area (Å²) >= 11 is 0. The summed E-state index contributed by atoms with van der Waals surface area (Å²) in [5.74, 6) is 0.765. The number of phenols is 1. The van der Waals surface area contributed by atoms with Gasteiger partial charge in [0.25, 0.3) is 5.91 Å². The Bertz CT molecular complexity index is 721. The van der Waals surface area contributed by atoms with Gasteiger partial charge in [-0.05, 0) is 36.8 Å². The van der Waals surface area contributed by atoms with Crippen molar-refractivity contribution in [1.82, 2.24) is 15.5 Å². The number of nitrogens with one attached hydrogen (secondary N) is 2. The number of benzene rings is 2. The highest BCUT2D eigenvalue weighted by atomic mass is 127. The zero-order valence-electron chi connectivity index (χ0n) is 15.7. The van der Waals surface area contributed by atoms with Gasteiger partial charge in [-0.2, -0.15) is 0 Å². The number of hydrogen-bond acceptors (Lipinski definition) is 3. The van der Waals surface area contributed by atoms with Crippen molar-refractivity contribution in [3.63, 3.8) is 0 Å². The first-order valence-electron chi connectivity index (χ1n) is 8.70. The van der Waals surface area contributed by atoms with Gasteiger partial charge in [-0.25, -0.2) is 0 Å². The second kappa shape index (κ2) is 12.2. The van der Waals surface area contributed by atoms with Gasteiger partial charge in [0.2, 0.25) is 0 Å². The molecule has 2 rings (SSSR count). The van der Waals surface area contributed by atoms with E-state index < -0.39 is 0 Å². The summed E-state index contributed by atoms with van der Waals surface area (Å²) in [6.45, 7) is 4.47. The summed E-state index contributed by atoms with van der Waals surface area (Å²) in [6, 6.07) is 16.4. The molecule has 0 unspecified atom stereocenters. The number of nitrogens with zero attached hydrogens (tertiary/aromatic N) is 2. The Hall–Kier alpha value is -2.29. The average Bonchev–Trinajstić information content (AvgIpc) is 2.65. The van der Waals surface area contributed by atoms with Gasteiger partial charge in [0, 0.05) is 32.2 Å². The molecule has 0 aliphatic carbocycles. The third-order valence-corrected chi connectivity index (χ3v) is 3.75. The molecule has 0 aliphatic heterocycles. The van der Waals surface area contributed by atoms with Gasteiger partial charge < -0.3 is 20.6 Å². The van der Waals surface area contributed by atoms with Crippen molar-refractivity contribution >= 4 is 35.8 Å². The van der Waals surface area contributed by atoms with Crippen LogP contribution in [0.2, 0.25) is 0 Å².